The van der Waals surface area contributed by atoms with E-state index in [0.29, 0.717) is 29.8 Å². The van der Waals surface area contributed by atoms with Crippen molar-refractivity contribution < 1.29 is 14.3 Å². The van der Waals surface area contributed by atoms with Gasteiger partial charge in [-0.2, -0.15) is 0 Å². The molecular formula is C21H19NO3. The molecule has 0 spiro atoms. The molecule has 25 heavy (non-hydrogen) atoms. The maximum atomic E-state index is 12.9. The van der Waals surface area contributed by atoms with E-state index in [0.717, 1.165) is 16.3 Å². The van der Waals surface area contributed by atoms with Gasteiger partial charge in [-0.3, -0.25) is 9.78 Å². The third kappa shape index (κ3) is 3.74. The van der Waals surface area contributed by atoms with Crippen molar-refractivity contribution in [2.24, 2.45) is 0 Å². The minimum atomic E-state index is -0.145. The number of aryl methyl sites for hydroxylation is 1. The van der Waals surface area contributed by atoms with Crippen LogP contribution in [0.1, 0.15) is 35.0 Å². The number of benzene rings is 2. The van der Waals surface area contributed by atoms with Gasteiger partial charge in [-0.25, -0.2) is 0 Å². The first-order valence-electron chi connectivity index (χ1n) is 8.14. The Balaban J connectivity index is 2.12. The van der Waals surface area contributed by atoms with Gasteiger partial charge in [0.1, 0.15) is 17.2 Å². The molecule has 0 aliphatic rings. The van der Waals surface area contributed by atoms with Crippen molar-refractivity contribution in [3.8, 4) is 5.75 Å². The van der Waals surface area contributed by atoms with Gasteiger partial charge < -0.3 is 9.53 Å². The molecule has 0 aliphatic heterocycles. The molecule has 0 aliphatic carbocycles. The highest BCUT2D eigenvalue weighted by molar-refractivity contribution is 6.16. The normalized spacial score (nSPS) is 10.6. The van der Waals surface area contributed by atoms with E-state index in [2.05, 4.69) is 4.98 Å². The second kappa shape index (κ2) is 7.26. The molecule has 0 bridgehead atoms. The van der Waals surface area contributed by atoms with Crippen LogP contribution in [0.4, 0.5) is 0 Å². The van der Waals surface area contributed by atoms with Gasteiger partial charge in [0.25, 0.3) is 0 Å². The van der Waals surface area contributed by atoms with Crippen LogP contribution in [0.15, 0.2) is 54.7 Å². The Morgan fingerprint density at radius 3 is 2.60 bits per heavy atom. The number of carbonyl (C=O) groups excluding carboxylic acids is 2. The fourth-order valence-electron chi connectivity index (χ4n) is 2.79. The van der Waals surface area contributed by atoms with E-state index in [9.17, 15) is 9.59 Å². The average Bonchev–Trinajstić information content (AvgIpc) is 2.65. The lowest BCUT2D eigenvalue weighted by Gasteiger charge is -2.11. The number of fused-ring (bicyclic) bond motifs is 1. The molecule has 0 atom stereocenters. The maximum absolute atomic E-state index is 12.9. The van der Waals surface area contributed by atoms with Crippen LogP contribution < -0.4 is 4.74 Å². The Bertz CT molecular complexity index is 933. The molecule has 0 saturated carbocycles. The van der Waals surface area contributed by atoms with E-state index in [1.807, 2.05) is 24.3 Å². The smallest absolute Gasteiger partial charge is 0.212 e. The van der Waals surface area contributed by atoms with E-state index in [-0.39, 0.29) is 11.6 Å². The number of nitrogens with zero attached hydrogens (tertiary/aromatic N) is 1. The summed E-state index contributed by atoms with van der Waals surface area (Å²) in [7, 11) is 1.58. The van der Waals surface area contributed by atoms with Crippen molar-refractivity contribution in [2.75, 3.05) is 7.11 Å². The van der Waals surface area contributed by atoms with Crippen LogP contribution in [-0.4, -0.2) is 23.7 Å². The minimum Gasteiger partial charge on any atom is -0.497 e. The fourth-order valence-corrected chi connectivity index (χ4v) is 2.79. The van der Waals surface area contributed by atoms with Gasteiger partial charge in [-0.05, 0) is 53.9 Å². The van der Waals surface area contributed by atoms with Gasteiger partial charge >= 0.3 is 0 Å². The average molecular weight is 333 g/mol. The molecule has 1 heterocycles. The topological polar surface area (TPSA) is 56.3 Å². The summed E-state index contributed by atoms with van der Waals surface area (Å²) in [6.07, 6.45) is 2.76. The van der Waals surface area contributed by atoms with Crippen molar-refractivity contribution in [1.29, 1.82) is 0 Å². The summed E-state index contributed by atoms with van der Waals surface area (Å²) in [6, 6.07) is 14.8. The quantitative estimate of drug-likeness (QED) is 0.640. The van der Waals surface area contributed by atoms with Crippen molar-refractivity contribution in [2.45, 2.75) is 19.8 Å². The maximum Gasteiger partial charge on any atom is 0.212 e. The van der Waals surface area contributed by atoms with E-state index in [1.165, 1.54) is 0 Å². The number of hydrogen-bond acceptors (Lipinski definition) is 4. The van der Waals surface area contributed by atoms with Crippen LogP contribution in [0.3, 0.4) is 0 Å². The monoisotopic (exact) mass is 333 g/mol. The molecule has 0 unspecified atom stereocenters. The summed E-state index contributed by atoms with van der Waals surface area (Å²) in [5.41, 5.74) is 1.98. The molecular weight excluding hydrogens is 314 g/mol. The number of carbonyl (C=O) groups is 2. The number of hydrogen-bond donors (Lipinski definition) is 0. The third-order valence-corrected chi connectivity index (χ3v) is 4.14. The van der Waals surface area contributed by atoms with Crippen LogP contribution in [0, 0.1) is 0 Å². The number of Topliss-reactive ketones (excluding diaryl/α,β-unsaturated/α-hetero) is 1. The van der Waals surface area contributed by atoms with Crippen molar-refractivity contribution >= 4 is 22.3 Å². The summed E-state index contributed by atoms with van der Waals surface area (Å²) in [5.74, 6) is 0.635. The van der Waals surface area contributed by atoms with Gasteiger partial charge in [0.15, 0.2) is 0 Å². The highest BCUT2D eigenvalue weighted by Crippen LogP contribution is 2.28. The Morgan fingerprint density at radius 1 is 1.08 bits per heavy atom. The fraction of sp³-hybridized carbons (Fsp3) is 0.190. The minimum absolute atomic E-state index is 0.145. The summed E-state index contributed by atoms with van der Waals surface area (Å²) in [5, 5.41) is 1.77. The van der Waals surface area contributed by atoms with Gasteiger partial charge in [0, 0.05) is 18.2 Å². The second-order valence-corrected chi connectivity index (χ2v) is 5.98. The SMILES string of the molecule is COc1cc(C(=O)c2ccccn2)c2cc(CCC(C)=O)ccc2c1. The van der Waals surface area contributed by atoms with E-state index < -0.39 is 0 Å². The van der Waals surface area contributed by atoms with Crippen LogP contribution in [0.5, 0.6) is 5.75 Å². The number of ketones is 2. The number of aromatic nitrogens is 1. The molecule has 3 aromatic rings. The lowest BCUT2D eigenvalue weighted by atomic mass is 9.96. The first kappa shape index (κ1) is 16.8. The zero-order valence-electron chi connectivity index (χ0n) is 14.3. The largest absolute Gasteiger partial charge is 0.497 e. The van der Waals surface area contributed by atoms with E-state index >= 15 is 0 Å². The number of methoxy groups -OCH3 is 1. The summed E-state index contributed by atoms with van der Waals surface area (Å²) >= 11 is 0. The van der Waals surface area contributed by atoms with Gasteiger partial charge in [0.05, 0.1) is 7.11 Å². The van der Waals surface area contributed by atoms with Crippen LogP contribution in [0.2, 0.25) is 0 Å². The summed E-state index contributed by atoms with van der Waals surface area (Å²) in [6.45, 7) is 1.59. The molecule has 0 N–H and O–H groups in total. The Hall–Kier alpha value is -3.01. The van der Waals surface area contributed by atoms with Crippen molar-refractivity contribution in [3.05, 3.63) is 71.5 Å². The van der Waals surface area contributed by atoms with Crippen LogP contribution >= 0.6 is 0 Å². The molecule has 0 amide bonds. The molecule has 3 rings (SSSR count). The molecule has 1 aromatic heterocycles. The van der Waals surface area contributed by atoms with Gasteiger partial charge in [0.2, 0.25) is 5.78 Å². The first-order valence-corrected chi connectivity index (χ1v) is 8.14. The molecule has 0 fully saturated rings. The second-order valence-electron chi connectivity index (χ2n) is 5.98. The van der Waals surface area contributed by atoms with Gasteiger partial charge in [-0.15, -0.1) is 0 Å². The van der Waals surface area contributed by atoms with Crippen molar-refractivity contribution in [3.63, 3.8) is 0 Å². The Kier molecular flexibility index (Phi) is 4.89. The summed E-state index contributed by atoms with van der Waals surface area (Å²) < 4.78 is 5.34. The Labute approximate surface area is 146 Å². The molecule has 4 nitrogen and oxygen atoms in total. The Morgan fingerprint density at radius 2 is 1.92 bits per heavy atom. The van der Waals surface area contributed by atoms with Crippen LogP contribution in [-0.2, 0) is 11.2 Å². The molecule has 0 radical (unpaired) electrons. The third-order valence-electron chi connectivity index (χ3n) is 4.14. The molecule has 126 valence electrons. The highest BCUT2D eigenvalue weighted by Gasteiger charge is 2.16. The predicted molar refractivity (Wildman–Crippen MR) is 97.2 cm³/mol. The first-order chi connectivity index (χ1) is 12.1. The van der Waals surface area contributed by atoms with E-state index in [1.54, 1.807) is 44.5 Å². The zero-order valence-corrected chi connectivity index (χ0v) is 14.3. The van der Waals surface area contributed by atoms with E-state index in [4.69, 9.17) is 4.74 Å². The summed E-state index contributed by atoms with van der Waals surface area (Å²) in [4.78, 5) is 28.3. The van der Waals surface area contributed by atoms with Crippen LogP contribution in [0.25, 0.3) is 10.8 Å². The lowest BCUT2D eigenvalue weighted by molar-refractivity contribution is -0.116. The number of pyridine rings is 1. The standard InChI is InChI=1S/C21H19NO3/c1-14(23)6-7-15-8-9-16-12-17(25-2)13-19(18(16)11-15)21(24)20-5-3-4-10-22-20/h3-5,8-13H,6-7H2,1-2H3. The lowest BCUT2D eigenvalue weighted by Crippen LogP contribution is -2.05. The highest BCUT2D eigenvalue weighted by atomic mass is 16.5. The molecule has 0 saturated heterocycles. The number of rotatable bonds is 6. The molecule has 2 aromatic carbocycles. The molecule has 4 heteroatoms. The zero-order chi connectivity index (χ0) is 17.8. The van der Waals surface area contributed by atoms with Crippen molar-refractivity contribution in [1.82, 2.24) is 4.98 Å². The number of ether oxygens (including phenoxy) is 1. The van der Waals surface area contributed by atoms with Gasteiger partial charge in [-0.1, -0.05) is 24.3 Å². The predicted octanol–water partition coefficient (Wildman–Crippen LogP) is 4.00.